The number of nitrogens with one attached hydrogen (secondary N) is 1. The highest BCUT2D eigenvalue weighted by Gasteiger charge is 2.19. The van der Waals surface area contributed by atoms with Crippen LogP contribution >= 0.6 is 15.9 Å². The van der Waals surface area contributed by atoms with Crippen molar-refractivity contribution in [2.75, 3.05) is 6.79 Å². The third-order valence-corrected chi connectivity index (χ3v) is 4.53. The lowest BCUT2D eigenvalue weighted by Crippen LogP contribution is -2.17. The number of amides is 1. The number of nitro groups is 1. The summed E-state index contributed by atoms with van der Waals surface area (Å²) in [5.41, 5.74) is 2.99. The molecule has 9 nitrogen and oxygen atoms in total. The Morgan fingerprint density at radius 3 is 2.79 bits per heavy atom. The molecule has 4 rings (SSSR count). The summed E-state index contributed by atoms with van der Waals surface area (Å²) < 4.78 is 16.6. The number of carbonyl (C=O) groups is 1. The third-order valence-electron chi connectivity index (χ3n) is 4.04. The van der Waals surface area contributed by atoms with Gasteiger partial charge in [0.2, 0.25) is 6.79 Å². The number of furan rings is 1. The van der Waals surface area contributed by atoms with Gasteiger partial charge in [-0.2, -0.15) is 5.10 Å². The lowest BCUT2D eigenvalue weighted by molar-refractivity contribution is -0.384. The summed E-state index contributed by atoms with van der Waals surface area (Å²) in [6.07, 6.45) is 1.30. The number of hydrogen-bond acceptors (Lipinski definition) is 7. The Morgan fingerprint density at radius 2 is 1.97 bits per heavy atom. The van der Waals surface area contributed by atoms with Gasteiger partial charge < -0.3 is 13.9 Å². The number of fused-ring (bicyclic) bond motifs is 1. The quantitative estimate of drug-likeness (QED) is 0.350. The Kier molecular flexibility index (Phi) is 5.00. The molecule has 0 spiro atoms. The first-order valence-electron chi connectivity index (χ1n) is 8.28. The van der Waals surface area contributed by atoms with Crippen molar-refractivity contribution >= 4 is 33.7 Å². The van der Waals surface area contributed by atoms with E-state index in [1.165, 1.54) is 12.3 Å². The molecule has 1 aromatic heterocycles. The van der Waals surface area contributed by atoms with Crippen molar-refractivity contribution in [3.63, 3.8) is 0 Å². The molecule has 0 fully saturated rings. The smallest absolute Gasteiger partial charge is 0.281 e. The Morgan fingerprint density at radius 1 is 1.14 bits per heavy atom. The first-order chi connectivity index (χ1) is 14.0. The van der Waals surface area contributed by atoms with E-state index in [0.29, 0.717) is 38.6 Å². The molecule has 0 unspecified atom stereocenters. The van der Waals surface area contributed by atoms with E-state index in [4.69, 9.17) is 13.9 Å². The van der Waals surface area contributed by atoms with Crippen LogP contribution in [-0.2, 0) is 0 Å². The van der Waals surface area contributed by atoms with Crippen LogP contribution in [0.2, 0.25) is 0 Å². The van der Waals surface area contributed by atoms with Crippen molar-refractivity contribution in [2.45, 2.75) is 0 Å². The van der Waals surface area contributed by atoms with Gasteiger partial charge in [0.25, 0.3) is 11.6 Å². The Hall–Kier alpha value is -3.66. The molecule has 3 aromatic rings. The van der Waals surface area contributed by atoms with Gasteiger partial charge in [-0.3, -0.25) is 14.9 Å². The second kappa shape index (κ2) is 7.76. The SMILES string of the molecule is O=C(N/N=C\c1ccc(-c2ccc(Br)cc2[N+](=O)[O-])o1)c1ccc2c(c1)OCO2. The maximum atomic E-state index is 12.2. The summed E-state index contributed by atoms with van der Waals surface area (Å²) in [5.74, 6) is 1.27. The first-order valence-corrected chi connectivity index (χ1v) is 9.08. The molecule has 2 heterocycles. The minimum Gasteiger partial charge on any atom is -0.455 e. The van der Waals surface area contributed by atoms with Crippen LogP contribution in [0, 0.1) is 10.1 Å². The molecule has 10 heteroatoms. The maximum Gasteiger partial charge on any atom is 0.281 e. The van der Waals surface area contributed by atoms with Gasteiger partial charge in [-0.05, 0) is 42.5 Å². The van der Waals surface area contributed by atoms with E-state index >= 15 is 0 Å². The number of nitrogens with zero attached hydrogens (tertiary/aromatic N) is 2. The largest absolute Gasteiger partial charge is 0.455 e. The molecule has 0 saturated heterocycles. The summed E-state index contributed by atoms with van der Waals surface area (Å²) in [6.45, 7) is 0.121. The molecule has 2 aromatic carbocycles. The summed E-state index contributed by atoms with van der Waals surface area (Å²) in [4.78, 5) is 23.0. The average Bonchev–Trinajstić information content (AvgIpc) is 3.36. The highest BCUT2D eigenvalue weighted by molar-refractivity contribution is 9.10. The van der Waals surface area contributed by atoms with Gasteiger partial charge in [0.05, 0.1) is 16.7 Å². The Bertz CT molecular complexity index is 1140. The van der Waals surface area contributed by atoms with Crippen molar-refractivity contribution in [1.82, 2.24) is 5.43 Å². The number of halogens is 1. The van der Waals surface area contributed by atoms with Gasteiger partial charge in [-0.1, -0.05) is 15.9 Å². The molecular formula is C19H12BrN3O6. The second-order valence-corrected chi connectivity index (χ2v) is 6.80. The zero-order valence-corrected chi connectivity index (χ0v) is 16.2. The first kappa shape index (κ1) is 18.7. The van der Waals surface area contributed by atoms with E-state index in [1.807, 2.05) is 0 Å². The zero-order valence-electron chi connectivity index (χ0n) is 14.6. The minimum absolute atomic E-state index is 0.0895. The number of hydrazone groups is 1. The van der Waals surface area contributed by atoms with Crippen LogP contribution in [0.4, 0.5) is 5.69 Å². The lowest BCUT2D eigenvalue weighted by atomic mass is 10.1. The van der Waals surface area contributed by atoms with E-state index in [1.54, 1.807) is 42.5 Å². The number of hydrogen-bond donors (Lipinski definition) is 1. The van der Waals surface area contributed by atoms with Crippen molar-refractivity contribution in [3.05, 3.63) is 74.4 Å². The fraction of sp³-hybridized carbons (Fsp3) is 0.0526. The van der Waals surface area contributed by atoms with E-state index in [0.717, 1.165) is 0 Å². The zero-order chi connectivity index (χ0) is 20.4. The third kappa shape index (κ3) is 3.97. The van der Waals surface area contributed by atoms with Gasteiger partial charge in [0.15, 0.2) is 11.5 Å². The van der Waals surface area contributed by atoms with Crippen LogP contribution < -0.4 is 14.9 Å². The molecule has 29 heavy (non-hydrogen) atoms. The molecule has 0 atom stereocenters. The van der Waals surface area contributed by atoms with Crippen LogP contribution in [0.15, 0.2) is 62.5 Å². The number of nitro benzene ring substituents is 1. The fourth-order valence-electron chi connectivity index (χ4n) is 2.69. The summed E-state index contributed by atoms with van der Waals surface area (Å²) in [5, 5.41) is 15.1. The van der Waals surface area contributed by atoms with Crippen LogP contribution in [0.25, 0.3) is 11.3 Å². The number of rotatable bonds is 5. The minimum atomic E-state index is -0.484. The van der Waals surface area contributed by atoms with Crippen molar-refractivity contribution in [3.8, 4) is 22.8 Å². The van der Waals surface area contributed by atoms with E-state index < -0.39 is 10.8 Å². The lowest BCUT2D eigenvalue weighted by Gasteiger charge is -2.01. The van der Waals surface area contributed by atoms with Crippen LogP contribution in [0.1, 0.15) is 16.1 Å². The molecule has 0 bridgehead atoms. The Labute approximate surface area is 172 Å². The maximum absolute atomic E-state index is 12.2. The molecule has 1 aliphatic rings. The topological polar surface area (TPSA) is 116 Å². The Balaban J connectivity index is 1.46. The van der Waals surface area contributed by atoms with Gasteiger partial charge in [-0.15, -0.1) is 0 Å². The highest BCUT2D eigenvalue weighted by Crippen LogP contribution is 2.33. The summed E-state index contributed by atoms with van der Waals surface area (Å²) in [7, 11) is 0. The second-order valence-electron chi connectivity index (χ2n) is 5.89. The van der Waals surface area contributed by atoms with Crippen LogP contribution in [0.5, 0.6) is 11.5 Å². The van der Waals surface area contributed by atoms with Crippen molar-refractivity contribution in [1.29, 1.82) is 0 Å². The number of ether oxygens (including phenoxy) is 2. The van der Waals surface area contributed by atoms with E-state index in [9.17, 15) is 14.9 Å². The van der Waals surface area contributed by atoms with Crippen LogP contribution in [0.3, 0.4) is 0 Å². The van der Waals surface area contributed by atoms with Crippen molar-refractivity contribution < 1.29 is 23.6 Å². The molecule has 146 valence electrons. The van der Waals surface area contributed by atoms with Crippen molar-refractivity contribution in [2.24, 2.45) is 5.10 Å². The molecule has 0 saturated carbocycles. The fourth-order valence-corrected chi connectivity index (χ4v) is 3.04. The highest BCUT2D eigenvalue weighted by atomic mass is 79.9. The van der Waals surface area contributed by atoms with Gasteiger partial charge in [0.1, 0.15) is 11.5 Å². The summed E-state index contributed by atoms with van der Waals surface area (Å²) >= 11 is 3.21. The molecule has 1 aliphatic heterocycles. The summed E-state index contributed by atoms with van der Waals surface area (Å²) in [6, 6.07) is 12.7. The number of carbonyl (C=O) groups excluding carboxylic acids is 1. The normalized spacial score (nSPS) is 12.3. The number of benzene rings is 2. The van der Waals surface area contributed by atoms with E-state index in [2.05, 4.69) is 26.5 Å². The molecular weight excluding hydrogens is 446 g/mol. The monoisotopic (exact) mass is 457 g/mol. The van der Waals surface area contributed by atoms with Crippen LogP contribution in [-0.4, -0.2) is 23.8 Å². The van der Waals surface area contributed by atoms with Gasteiger partial charge in [0, 0.05) is 16.1 Å². The molecule has 0 aliphatic carbocycles. The molecule has 0 radical (unpaired) electrons. The molecule has 1 N–H and O–H groups in total. The molecule has 1 amide bonds. The average molecular weight is 458 g/mol. The van der Waals surface area contributed by atoms with Gasteiger partial charge in [-0.25, -0.2) is 5.43 Å². The predicted molar refractivity (Wildman–Crippen MR) is 106 cm³/mol. The standard InChI is InChI=1S/C19H12BrN3O6/c20-12-2-4-14(15(8-12)23(25)26)16-6-3-13(29-16)9-21-22-19(24)11-1-5-17-18(7-11)28-10-27-17/h1-9H,10H2,(H,22,24)/b21-9-. The van der Waals surface area contributed by atoms with Gasteiger partial charge >= 0.3 is 0 Å². The predicted octanol–water partition coefficient (Wildman–Crippen LogP) is 4.11. The van der Waals surface area contributed by atoms with E-state index in [-0.39, 0.29) is 12.5 Å².